The highest BCUT2D eigenvalue weighted by atomic mass is 79.9. The van der Waals surface area contributed by atoms with Crippen molar-refractivity contribution in [2.75, 3.05) is 26.6 Å². The zero-order valence-corrected chi connectivity index (χ0v) is 14.9. The molecule has 0 aliphatic carbocycles. The summed E-state index contributed by atoms with van der Waals surface area (Å²) >= 11 is 3.40. The summed E-state index contributed by atoms with van der Waals surface area (Å²) in [5, 5.41) is 2.84. The Morgan fingerprint density at radius 1 is 1.09 bits per heavy atom. The summed E-state index contributed by atoms with van der Waals surface area (Å²) in [5.41, 5.74) is 1.70. The van der Waals surface area contributed by atoms with E-state index in [0.29, 0.717) is 23.7 Å². The Morgan fingerprint density at radius 2 is 1.74 bits per heavy atom. The van der Waals surface area contributed by atoms with Crippen LogP contribution in [0.3, 0.4) is 0 Å². The molecule has 0 aliphatic rings. The number of anilines is 1. The van der Waals surface area contributed by atoms with E-state index >= 15 is 0 Å². The number of nitrogens with one attached hydrogen (secondary N) is 1. The zero-order valence-electron chi connectivity index (χ0n) is 13.3. The molecule has 0 atom stereocenters. The van der Waals surface area contributed by atoms with Gasteiger partial charge in [-0.05, 0) is 29.8 Å². The van der Waals surface area contributed by atoms with Crippen molar-refractivity contribution < 1.29 is 14.3 Å². The van der Waals surface area contributed by atoms with Crippen LogP contribution in [0.15, 0.2) is 46.9 Å². The normalized spacial score (nSPS) is 10.1. The van der Waals surface area contributed by atoms with Gasteiger partial charge in [0.2, 0.25) is 0 Å². The van der Waals surface area contributed by atoms with Gasteiger partial charge in [0, 0.05) is 29.8 Å². The number of halogens is 1. The van der Waals surface area contributed by atoms with Gasteiger partial charge in [0.05, 0.1) is 14.2 Å². The van der Waals surface area contributed by atoms with Gasteiger partial charge in [-0.15, -0.1) is 0 Å². The molecule has 0 spiro atoms. The Kier molecular flexibility index (Phi) is 5.87. The molecular formula is C17H19BrN2O3. The number of urea groups is 1. The molecular weight excluding hydrogens is 360 g/mol. The maximum absolute atomic E-state index is 12.3. The maximum atomic E-state index is 12.3. The van der Waals surface area contributed by atoms with Gasteiger partial charge < -0.3 is 19.7 Å². The van der Waals surface area contributed by atoms with Crippen LogP contribution in [-0.2, 0) is 6.54 Å². The smallest absolute Gasteiger partial charge is 0.321 e. The van der Waals surface area contributed by atoms with Crippen LogP contribution in [-0.4, -0.2) is 32.2 Å². The van der Waals surface area contributed by atoms with Crippen LogP contribution < -0.4 is 14.8 Å². The molecule has 0 aromatic heterocycles. The van der Waals surface area contributed by atoms with Gasteiger partial charge in [-0.2, -0.15) is 0 Å². The fourth-order valence-corrected chi connectivity index (χ4v) is 2.33. The minimum Gasteiger partial charge on any atom is -0.493 e. The Morgan fingerprint density at radius 3 is 2.35 bits per heavy atom. The minimum absolute atomic E-state index is 0.194. The third-order valence-corrected chi connectivity index (χ3v) is 3.84. The SMILES string of the molecule is COc1ccc(NC(=O)N(C)Cc2ccc(Br)cc2)cc1OC. The van der Waals surface area contributed by atoms with Crippen molar-refractivity contribution in [2.45, 2.75) is 6.54 Å². The first-order valence-electron chi connectivity index (χ1n) is 7.02. The molecule has 0 saturated heterocycles. The molecule has 122 valence electrons. The van der Waals surface area contributed by atoms with Crippen LogP contribution in [0, 0.1) is 0 Å². The molecule has 5 nitrogen and oxygen atoms in total. The summed E-state index contributed by atoms with van der Waals surface area (Å²) in [6.45, 7) is 0.520. The second-order valence-corrected chi connectivity index (χ2v) is 5.90. The van der Waals surface area contributed by atoms with Crippen LogP contribution in [0.2, 0.25) is 0 Å². The van der Waals surface area contributed by atoms with Crippen LogP contribution in [0.4, 0.5) is 10.5 Å². The van der Waals surface area contributed by atoms with E-state index in [1.165, 1.54) is 0 Å². The monoisotopic (exact) mass is 378 g/mol. The number of carbonyl (C=O) groups excluding carboxylic acids is 1. The van der Waals surface area contributed by atoms with E-state index in [1.54, 1.807) is 44.4 Å². The lowest BCUT2D eigenvalue weighted by atomic mass is 10.2. The van der Waals surface area contributed by atoms with Crippen LogP contribution in [0.1, 0.15) is 5.56 Å². The molecule has 1 N–H and O–H groups in total. The number of benzene rings is 2. The lowest BCUT2D eigenvalue weighted by molar-refractivity contribution is 0.220. The van der Waals surface area contributed by atoms with Crippen molar-refractivity contribution in [1.82, 2.24) is 4.90 Å². The summed E-state index contributed by atoms with van der Waals surface area (Å²) in [5.74, 6) is 1.19. The second-order valence-electron chi connectivity index (χ2n) is 4.98. The molecule has 2 rings (SSSR count). The Balaban J connectivity index is 2.01. The first kappa shape index (κ1) is 17.1. The highest BCUT2D eigenvalue weighted by Crippen LogP contribution is 2.29. The van der Waals surface area contributed by atoms with Gasteiger partial charge in [-0.1, -0.05) is 28.1 Å². The number of nitrogens with zero attached hydrogens (tertiary/aromatic N) is 1. The van der Waals surface area contributed by atoms with Crippen molar-refractivity contribution in [1.29, 1.82) is 0 Å². The molecule has 2 aromatic rings. The van der Waals surface area contributed by atoms with Crippen molar-refractivity contribution in [3.05, 3.63) is 52.5 Å². The van der Waals surface area contributed by atoms with Crippen molar-refractivity contribution in [3.63, 3.8) is 0 Å². The van der Waals surface area contributed by atoms with Crippen molar-refractivity contribution in [2.24, 2.45) is 0 Å². The highest BCUT2D eigenvalue weighted by Gasteiger charge is 2.11. The molecule has 0 aliphatic heterocycles. The van der Waals surface area contributed by atoms with Crippen LogP contribution in [0.5, 0.6) is 11.5 Å². The molecule has 0 bridgehead atoms. The van der Waals surface area contributed by atoms with Crippen molar-refractivity contribution >= 4 is 27.6 Å². The Labute approximate surface area is 144 Å². The van der Waals surface area contributed by atoms with E-state index in [4.69, 9.17) is 9.47 Å². The highest BCUT2D eigenvalue weighted by molar-refractivity contribution is 9.10. The van der Waals surface area contributed by atoms with Gasteiger partial charge in [0.15, 0.2) is 11.5 Å². The van der Waals surface area contributed by atoms with Crippen LogP contribution >= 0.6 is 15.9 Å². The summed E-state index contributed by atoms with van der Waals surface area (Å²) in [6, 6.07) is 12.9. The molecule has 23 heavy (non-hydrogen) atoms. The van der Waals surface area contributed by atoms with E-state index in [0.717, 1.165) is 10.0 Å². The number of amides is 2. The predicted octanol–water partition coefficient (Wildman–Crippen LogP) is 4.13. The van der Waals surface area contributed by atoms with Gasteiger partial charge >= 0.3 is 6.03 Å². The molecule has 2 aromatic carbocycles. The third-order valence-electron chi connectivity index (χ3n) is 3.31. The fraction of sp³-hybridized carbons (Fsp3) is 0.235. The van der Waals surface area contributed by atoms with E-state index in [2.05, 4.69) is 21.2 Å². The lowest BCUT2D eigenvalue weighted by Gasteiger charge is -2.18. The van der Waals surface area contributed by atoms with E-state index in [-0.39, 0.29) is 6.03 Å². The molecule has 0 fully saturated rings. The van der Waals surface area contributed by atoms with E-state index in [9.17, 15) is 4.79 Å². The largest absolute Gasteiger partial charge is 0.493 e. The third kappa shape index (κ3) is 4.63. The van der Waals surface area contributed by atoms with Crippen LogP contribution in [0.25, 0.3) is 0 Å². The molecule has 2 amide bonds. The predicted molar refractivity (Wildman–Crippen MR) is 94.2 cm³/mol. The van der Waals surface area contributed by atoms with Gasteiger partial charge in [-0.3, -0.25) is 0 Å². The first-order valence-corrected chi connectivity index (χ1v) is 7.81. The molecule has 0 unspecified atom stereocenters. The quantitative estimate of drug-likeness (QED) is 0.850. The standard InChI is InChI=1S/C17H19BrN2O3/c1-20(11-12-4-6-13(18)7-5-12)17(21)19-14-8-9-15(22-2)16(10-14)23-3/h4-10H,11H2,1-3H3,(H,19,21). The summed E-state index contributed by atoms with van der Waals surface area (Å²) in [6.07, 6.45) is 0. The Bertz CT molecular complexity index is 674. The van der Waals surface area contributed by atoms with E-state index in [1.807, 2.05) is 24.3 Å². The average molecular weight is 379 g/mol. The number of hydrogen-bond acceptors (Lipinski definition) is 3. The fourth-order valence-electron chi connectivity index (χ4n) is 2.07. The first-order chi connectivity index (χ1) is 11.0. The van der Waals surface area contributed by atoms with Gasteiger partial charge in [0.1, 0.15) is 0 Å². The summed E-state index contributed by atoms with van der Waals surface area (Å²) in [7, 11) is 4.88. The second kappa shape index (κ2) is 7.87. The number of hydrogen-bond donors (Lipinski definition) is 1. The average Bonchev–Trinajstić information content (AvgIpc) is 2.56. The summed E-state index contributed by atoms with van der Waals surface area (Å²) < 4.78 is 11.4. The molecule has 0 saturated carbocycles. The number of carbonyl (C=O) groups is 1. The molecule has 6 heteroatoms. The topological polar surface area (TPSA) is 50.8 Å². The number of methoxy groups -OCH3 is 2. The molecule has 0 radical (unpaired) electrons. The zero-order chi connectivity index (χ0) is 16.8. The van der Waals surface area contributed by atoms with Gasteiger partial charge in [0.25, 0.3) is 0 Å². The van der Waals surface area contributed by atoms with E-state index < -0.39 is 0 Å². The van der Waals surface area contributed by atoms with Gasteiger partial charge in [-0.25, -0.2) is 4.79 Å². The lowest BCUT2D eigenvalue weighted by Crippen LogP contribution is -2.30. The number of ether oxygens (including phenoxy) is 2. The molecule has 0 heterocycles. The maximum Gasteiger partial charge on any atom is 0.321 e. The number of rotatable bonds is 5. The Hall–Kier alpha value is -2.21. The van der Waals surface area contributed by atoms with Crippen molar-refractivity contribution in [3.8, 4) is 11.5 Å². The summed E-state index contributed by atoms with van der Waals surface area (Å²) in [4.78, 5) is 13.9. The minimum atomic E-state index is -0.194.